The zero-order valence-electron chi connectivity index (χ0n) is 13.4. The van der Waals surface area contributed by atoms with Crippen molar-refractivity contribution in [2.24, 2.45) is 0 Å². The third kappa shape index (κ3) is 3.22. The zero-order valence-corrected chi connectivity index (χ0v) is 14.2. The SMILES string of the molecule is CCCNC(=O)c1scc(-c2ccc(C)cc2)c1-n1cccc1. The molecule has 0 aliphatic carbocycles. The summed E-state index contributed by atoms with van der Waals surface area (Å²) < 4.78 is 2.02. The van der Waals surface area contributed by atoms with Crippen molar-refractivity contribution >= 4 is 17.2 Å². The quantitative estimate of drug-likeness (QED) is 0.728. The molecule has 3 rings (SSSR count). The number of aromatic nitrogens is 1. The molecule has 0 fully saturated rings. The molecule has 1 amide bonds. The van der Waals surface area contributed by atoms with E-state index in [0.717, 1.165) is 28.1 Å². The highest BCUT2D eigenvalue weighted by Crippen LogP contribution is 2.35. The van der Waals surface area contributed by atoms with Crippen LogP contribution >= 0.6 is 11.3 Å². The predicted molar refractivity (Wildman–Crippen MR) is 96.4 cm³/mol. The number of carbonyl (C=O) groups is 1. The smallest absolute Gasteiger partial charge is 0.263 e. The van der Waals surface area contributed by atoms with Crippen LogP contribution in [-0.2, 0) is 0 Å². The number of thiophene rings is 1. The Morgan fingerprint density at radius 3 is 2.52 bits per heavy atom. The number of hydrogen-bond acceptors (Lipinski definition) is 2. The van der Waals surface area contributed by atoms with E-state index >= 15 is 0 Å². The van der Waals surface area contributed by atoms with E-state index < -0.39 is 0 Å². The molecule has 23 heavy (non-hydrogen) atoms. The van der Waals surface area contributed by atoms with E-state index in [1.54, 1.807) is 0 Å². The molecule has 0 saturated carbocycles. The molecule has 2 aromatic heterocycles. The van der Waals surface area contributed by atoms with Crippen LogP contribution in [0.5, 0.6) is 0 Å². The number of amides is 1. The van der Waals surface area contributed by atoms with Gasteiger partial charge in [0.15, 0.2) is 0 Å². The number of carbonyl (C=O) groups excluding carboxylic acids is 1. The first-order valence-corrected chi connectivity index (χ1v) is 8.68. The van der Waals surface area contributed by atoms with Crippen LogP contribution < -0.4 is 5.32 Å². The van der Waals surface area contributed by atoms with E-state index in [4.69, 9.17) is 0 Å². The number of rotatable bonds is 5. The second-order valence-electron chi connectivity index (χ2n) is 5.54. The minimum absolute atomic E-state index is 0.00101. The van der Waals surface area contributed by atoms with Crippen LogP contribution in [0.4, 0.5) is 0 Å². The summed E-state index contributed by atoms with van der Waals surface area (Å²) in [5, 5.41) is 5.05. The van der Waals surface area contributed by atoms with Crippen molar-refractivity contribution in [2.75, 3.05) is 6.54 Å². The van der Waals surface area contributed by atoms with Crippen molar-refractivity contribution in [3.63, 3.8) is 0 Å². The van der Waals surface area contributed by atoms with Gasteiger partial charge in [0.25, 0.3) is 5.91 Å². The van der Waals surface area contributed by atoms with Crippen molar-refractivity contribution in [3.05, 3.63) is 64.6 Å². The number of benzene rings is 1. The highest BCUT2D eigenvalue weighted by Gasteiger charge is 2.19. The lowest BCUT2D eigenvalue weighted by Gasteiger charge is -2.10. The molecule has 4 heteroatoms. The molecule has 3 nitrogen and oxygen atoms in total. The fourth-order valence-electron chi connectivity index (χ4n) is 2.51. The number of nitrogens with zero attached hydrogens (tertiary/aromatic N) is 1. The molecule has 0 atom stereocenters. The number of aryl methyl sites for hydroxylation is 1. The topological polar surface area (TPSA) is 34.0 Å². The van der Waals surface area contributed by atoms with Crippen LogP contribution in [0.15, 0.2) is 54.2 Å². The molecule has 0 saturated heterocycles. The van der Waals surface area contributed by atoms with Crippen molar-refractivity contribution in [3.8, 4) is 16.8 Å². The third-order valence-electron chi connectivity index (χ3n) is 3.73. The van der Waals surface area contributed by atoms with E-state index in [-0.39, 0.29) is 5.91 Å². The molecule has 0 aliphatic rings. The van der Waals surface area contributed by atoms with Gasteiger partial charge >= 0.3 is 0 Å². The first kappa shape index (κ1) is 15.6. The Labute approximate surface area is 140 Å². The van der Waals surface area contributed by atoms with Gasteiger partial charge in [-0.1, -0.05) is 36.8 Å². The molecule has 118 valence electrons. The van der Waals surface area contributed by atoms with Crippen LogP contribution in [0.3, 0.4) is 0 Å². The Balaban J connectivity index is 2.08. The summed E-state index contributed by atoms with van der Waals surface area (Å²) in [5.41, 5.74) is 4.41. The van der Waals surface area contributed by atoms with Crippen molar-refractivity contribution in [2.45, 2.75) is 20.3 Å². The van der Waals surface area contributed by atoms with Gasteiger partial charge in [0, 0.05) is 29.9 Å². The Morgan fingerprint density at radius 2 is 1.87 bits per heavy atom. The second-order valence-corrected chi connectivity index (χ2v) is 6.42. The largest absolute Gasteiger partial charge is 0.351 e. The number of nitrogens with one attached hydrogen (secondary N) is 1. The lowest BCUT2D eigenvalue weighted by atomic mass is 10.0. The summed E-state index contributed by atoms with van der Waals surface area (Å²) in [6.07, 6.45) is 4.90. The molecule has 0 radical (unpaired) electrons. The average Bonchev–Trinajstić information content (AvgIpc) is 3.22. The number of hydrogen-bond donors (Lipinski definition) is 1. The fourth-order valence-corrected chi connectivity index (χ4v) is 3.50. The fraction of sp³-hybridized carbons (Fsp3) is 0.211. The van der Waals surface area contributed by atoms with Crippen LogP contribution in [0.25, 0.3) is 16.8 Å². The Morgan fingerprint density at radius 1 is 1.17 bits per heavy atom. The lowest BCUT2D eigenvalue weighted by Crippen LogP contribution is -2.24. The second kappa shape index (κ2) is 6.84. The van der Waals surface area contributed by atoms with Gasteiger partial charge in [-0.2, -0.15) is 0 Å². The molecule has 0 unspecified atom stereocenters. The first-order chi connectivity index (χ1) is 11.2. The first-order valence-electron chi connectivity index (χ1n) is 7.80. The summed E-state index contributed by atoms with van der Waals surface area (Å²) in [6, 6.07) is 12.4. The van der Waals surface area contributed by atoms with E-state index in [0.29, 0.717) is 6.54 Å². The standard InChI is InChI=1S/C19H20N2OS/c1-3-10-20-19(22)18-17(21-11-4-5-12-21)16(13-23-18)15-8-6-14(2)7-9-15/h4-9,11-13H,3,10H2,1-2H3,(H,20,22). The molecule has 1 N–H and O–H groups in total. The highest BCUT2D eigenvalue weighted by molar-refractivity contribution is 7.13. The van der Waals surface area contributed by atoms with E-state index in [1.165, 1.54) is 16.9 Å². The minimum atomic E-state index is -0.00101. The average molecular weight is 324 g/mol. The van der Waals surface area contributed by atoms with Crippen molar-refractivity contribution in [1.82, 2.24) is 9.88 Å². The zero-order chi connectivity index (χ0) is 16.2. The molecule has 0 aliphatic heterocycles. The van der Waals surface area contributed by atoms with Crippen molar-refractivity contribution < 1.29 is 4.79 Å². The predicted octanol–water partition coefficient (Wildman–Crippen LogP) is 4.65. The molecular weight excluding hydrogens is 304 g/mol. The minimum Gasteiger partial charge on any atom is -0.351 e. The van der Waals surface area contributed by atoms with Gasteiger partial charge in [0.05, 0.1) is 5.69 Å². The summed E-state index contributed by atoms with van der Waals surface area (Å²) in [7, 11) is 0. The maximum Gasteiger partial charge on any atom is 0.263 e. The monoisotopic (exact) mass is 324 g/mol. The Kier molecular flexibility index (Phi) is 4.63. The van der Waals surface area contributed by atoms with Gasteiger partial charge in [0.1, 0.15) is 4.88 Å². The van der Waals surface area contributed by atoms with Crippen molar-refractivity contribution in [1.29, 1.82) is 0 Å². The van der Waals surface area contributed by atoms with Crippen LogP contribution in [0.2, 0.25) is 0 Å². The van der Waals surface area contributed by atoms with E-state index in [2.05, 4.69) is 48.8 Å². The van der Waals surface area contributed by atoms with Crippen LogP contribution in [0, 0.1) is 6.92 Å². The maximum atomic E-state index is 12.5. The van der Waals surface area contributed by atoms with Crippen LogP contribution in [-0.4, -0.2) is 17.0 Å². The van der Waals surface area contributed by atoms with Crippen LogP contribution in [0.1, 0.15) is 28.6 Å². The summed E-state index contributed by atoms with van der Waals surface area (Å²) in [4.78, 5) is 13.3. The van der Waals surface area contributed by atoms with Gasteiger partial charge in [-0.05, 0) is 31.0 Å². The molecule has 3 aromatic rings. The maximum absolute atomic E-state index is 12.5. The molecule has 0 spiro atoms. The van der Waals surface area contributed by atoms with Gasteiger partial charge in [-0.25, -0.2) is 0 Å². The summed E-state index contributed by atoms with van der Waals surface area (Å²) in [5.74, 6) is -0.00101. The normalized spacial score (nSPS) is 10.7. The Bertz CT molecular complexity index is 785. The van der Waals surface area contributed by atoms with E-state index in [9.17, 15) is 4.79 Å². The van der Waals surface area contributed by atoms with Gasteiger partial charge in [-0.3, -0.25) is 4.79 Å². The summed E-state index contributed by atoms with van der Waals surface area (Å²) in [6.45, 7) is 4.83. The van der Waals surface area contributed by atoms with E-state index in [1.807, 2.05) is 29.1 Å². The molecule has 1 aromatic carbocycles. The highest BCUT2D eigenvalue weighted by atomic mass is 32.1. The summed E-state index contributed by atoms with van der Waals surface area (Å²) >= 11 is 1.50. The van der Waals surface area contributed by atoms with Gasteiger partial charge in [0.2, 0.25) is 0 Å². The molecule has 0 bridgehead atoms. The lowest BCUT2D eigenvalue weighted by molar-refractivity contribution is 0.0957. The van der Waals surface area contributed by atoms with Gasteiger partial charge in [-0.15, -0.1) is 11.3 Å². The molecule has 2 heterocycles. The third-order valence-corrected chi connectivity index (χ3v) is 4.70. The Hall–Kier alpha value is -2.33. The van der Waals surface area contributed by atoms with Gasteiger partial charge < -0.3 is 9.88 Å². The molecular formula is C19H20N2OS.